The number of hydrogen-bond acceptors (Lipinski definition) is 10. The SMILES string of the molecule is CCOC(=O)C1=C[C@H]2N3/C(=C\C#N)C(C)(CC)OC3[C@@H]1C1C3OC(C)(CC)/C(=C/C#N)N3C=C[C@]12C(=O)OCC. The van der Waals surface area contributed by atoms with E-state index < -0.39 is 58.9 Å². The molecule has 5 heterocycles. The highest BCUT2D eigenvalue weighted by atomic mass is 16.6. The second-order valence-corrected chi connectivity index (χ2v) is 11.1. The van der Waals surface area contributed by atoms with Gasteiger partial charge in [-0.1, -0.05) is 13.8 Å². The molecule has 0 saturated carbocycles. The van der Waals surface area contributed by atoms with E-state index in [1.165, 1.54) is 12.2 Å². The molecule has 0 N–H and O–H groups in total. The van der Waals surface area contributed by atoms with Crippen LogP contribution in [-0.2, 0) is 28.5 Å². The predicted molar refractivity (Wildman–Crippen MR) is 142 cm³/mol. The van der Waals surface area contributed by atoms with Crippen LogP contribution < -0.4 is 0 Å². The molecule has 0 aromatic rings. The largest absolute Gasteiger partial charge is 0.465 e. The fourth-order valence-corrected chi connectivity index (χ4v) is 7.23. The highest BCUT2D eigenvalue weighted by molar-refractivity contribution is 5.92. The molecule has 6 aliphatic rings. The number of carbonyl (C=O) groups excluding carboxylic acids is 2. The van der Waals surface area contributed by atoms with Crippen molar-refractivity contribution in [3.05, 3.63) is 47.5 Å². The maximum atomic E-state index is 14.1. The summed E-state index contributed by atoms with van der Waals surface area (Å²) < 4.78 is 24.7. The van der Waals surface area contributed by atoms with E-state index >= 15 is 0 Å². The Bertz CT molecular complexity index is 1320. The summed E-state index contributed by atoms with van der Waals surface area (Å²) in [4.78, 5) is 31.5. The summed E-state index contributed by atoms with van der Waals surface area (Å²) in [7, 11) is 0. The standard InChI is InChI=1S/C30H36N4O6/c1-7-28(5)19(11-14-31)33-16-13-30(27(36)38-10-4)21-17-18(26(35)37-9-3)22(23(30)25(33)40-28)24-34(21)20(12-15-32)29(6,8-2)39-24/h11-13,16-17,21-25H,7-10H2,1-6H3/b19-11-,20-12-/t21-,22+,23?,24?,25?,28?,29?,30-/m1/s1. The summed E-state index contributed by atoms with van der Waals surface area (Å²) in [6.45, 7) is 11.7. The third-order valence-electron chi connectivity index (χ3n) is 9.39. The van der Waals surface area contributed by atoms with Crippen molar-refractivity contribution in [1.29, 1.82) is 10.5 Å². The zero-order chi connectivity index (χ0) is 29.0. The average molecular weight is 549 g/mol. The molecule has 0 amide bonds. The van der Waals surface area contributed by atoms with Gasteiger partial charge in [-0.15, -0.1) is 0 Å². The lowest BCUT2D eigenvalue weighted by molar-refractivity contribution is -0.216. The summed E-state index contributed by atoms with van der Waals surface area (Å²) in [5.41, 5.74) is -1.11. The van der Waals surface area contributed by atoms with Crippen LogP contribution in [0.25, 0.3) is 0 Å². The second kappa shape index (κ2) is 9.79. The number of ether oxygens (including phenoxy) is 4. The summed E-state index contributed by atoms with van der Waals surface area (Å²) >= 11 is 0. The molecular weight excluding hydrogens is 512 g/mol. The summed E-state index contributed by atoms with van der Waals surface area (Å²) in [6.07, 6.45) is 8.21. The Balaban J connectivity index is 1.79. The zero-order valence-electron chi connectivity index (χ0n) is 23.8. The number of hydrogen-bond donors (Lipinski definition) is 0. The molecule has 0 aromatic heterocycles. The molecule has 0 radical (unpaired) electrons. The average Bonchev–Trinajstić information content (AvgIpc) is 3.41. The lowest BCUT2D eigenvalue weighted by atomic mass is 9.53. The van der Waals surface area contributed by atoms with Gasteiger partial charge in [-0.3, -0.25) is 4.79 Å². The van der Waals surface area contributed by atoms with Crippen molar-refractivity contribution in [2.45, 2.75) is 84.1 Å². The molecule has 212 valence electrons. The van der Waals surface area contributed by atoms with Crippen LogP contribution in [0.2, 0.25) is 0 Å². The van der Waals surface area contributed by atoms with Crippen molar-refractivity contribution in [3.63, 3.8) is 0 Å². The smallest absolute Gasteiger partial charge is 0.334 e. The van der Waals surface area contributed by atoms with Gasteiger partial charge >= 0.3 is 11.9 Å². The Labute approximate surface area is 235 Å². The van der Waals surface area contributed by atoms with E-state index in [9.17, 15) is 20.1 Å². The van der Waals surface area contributed by atoms with E-state index in [0.717, 1.165) is 0 Å². The Hall–Kier alpha value is -3.60. The number of rotatable bonds is 6. The quantitative estimate of drug-likeness (QED) is 0.359. The lowest BCUT2D eigenvalue weighted by Gasteiger charge is -2.61. The number of allylic oxidation sites excluding steroid dienone is 2. The first-order chi connectivity index (χ1) is 19.1. The number of nitriles is 2. The normalized spacial score (nSPS) is 40.7. The number of esters is 2. The van der Waals surface area contributed by atoms with Crippen molar-refractivity contribution < 1.29 is 28.5 Å². The summed E-state index contributed by atoms with van der Waals surface area (Å²) in [5.74, 6) is -2.20. The molecule has 8 atom stereocenters. The van der Waals surface area contributed by atoms with Gasteiger partial charge in [-0.25, -0.2) is 4.79 Å². The van der Waals surface area contributed by atoms with Gasteiger partial charge in [0.15, 0.2) is 0 Å². The van der Waals surface area contributed by atoms with Gasteiger partial charge in [-0.05, 0) is 52.7 Å². The van der Waals surface area contributed by atoms with E-state index in [1.54, 1.807) is 26.1 Å². The molecule has 10 nitrogen and oxygen atoms in total. The van der Waals surface area contributed by atoms with Crippen LogP contribution in [0.4, 0.5) is 0 Å². The van der Waals surface area contributed by atoms with Gasteiger partial charge < -0.3 is 28.7 Å². The highest BCUT2D eigenvalue weighted by Crippen LogP contribution is 2.65. The first kappa shape index (κ1) is 27.9. The van der Waals surface area contributed by atoms with Crippen molar-refractivity contribution in [2.24, 2.45) is 17.3 Å². The number of nitrogens with zero attached hydrogens (tertiary/aromatic N) is 4. The molecule has 5 aliphatic heterocycles. The van der Waals surface area contributed by atoms with E-state index in [4.69, 9.17) is 18.9 Å². The first-order valence-corrected chi connectivity index (χ1v) is 14.0. The molecule has 0 spiro atoms. The number of carbonyl (C=O) groups is 2. The fraction of sp³-hybridized carbons (Fsp3) is 0.600. The van der Waals surface area contributed by atoms with Crippen LogP contribution in [0.15, 0.2) is 47.5 Å². The fourth-order valence-electron chi connectivity index (χ4n) is 7.23. The monoisotopic (exact) mass is 548 g/mol. The van der Waals surface area contributed by atoms with E-state index in [2.05, 4.69) is 12.1 Å². The van der Waals surface area contributed by atoms with Gasteiger partial charge in [0.2, 0.25) is 0 Å². The van der Waals surface area contributed by atoms with E-state index in [0.29, 0.717) is 29.8 Å². The molecule has 2 bridgehead atoms. The van der Waals surface area contributed by atoms with Crippen LogP contribution in [0.1, 0.15) is 54.4 Å². The van der Waals surface area contributed by atoms with E-state index in [1.807, 2.05) is 43.6 Å². The van der Waals surface area contributed by atoms with Crippen molar-refractivity contribution in [2.75, 3.05) is 13.2 Å². The molecular formula is C30H36N4O6. The van der Waals surface area contributed by atoms with Crippen LogP contribution in [0.5, 0.6) is 0 Å². The molecule has 3 fully saturated rings. The van der Waals surface area contributed by atoms with Crippen LogP contribution in [0, 0.1) is 39.9 Å². The lowest BCUT2D eigenvalue weighted by Crippen LogP contribution is -2.72. The maximum Gasteiger partial charge on any atom is 0.334 e. The van der Waals surface area contributed by atoms with Crippen molar-refractivity contribution in [1.82, 2.24) is 9.80 Å². The summed E-state index contributed by atoms with van der Waals surface area (Å²) in [5, 5.41) is 19.4. The Morgan fingerprint density at radius 1 is 0.975 bits per heavy atom. The van der Waals surface area contributed by atoms with Gasteiger partial charge in [0, 0.05) is 35.8 Å². The molecule has 1 aliphatic carbocycles. The second-order valence-electron chi connectivity index (χ2n) is 11.1. The minimum absolute atomic E-state index is 0.169. The maximum absolute atomic E-state index is 14.1. The molecule has 0 aromatic carbocycles. The van der Waals surface area contributed by atoms with Crippen LogP contribution >= 0.6 is 0 Å². The first-order valence-electron chi connectivity index (χ1n) is 14.0. The van der Waals surface area contributed by atoms with E-state index in [-0.39, 0.29) is 13.2 Å². The topological polar surface area (TPSA) is 125 Å². The molecule has 10 heteroatoms. The Morgan fingerprint density at radius 2 is 1.57 bits per heavy atom. The summed E-state index contributed by atoms with van der Waals surface area (Å²) in [6, 6.07) is 3.59. The highest BCUT2D eigenvalue weighted by Gasteiger charge is 2.74. The molecule has 40 heavy (non-hydrogen) atoms. The minimum atomic E-state index is -1.26. The third kappa shape index (κ3) is 3.52. The number of fused-ring (bicyclic) bond motifs is 1. The zero-order valence-corrected chi connectivity index (χ0v) is 23.8. The Morgan fingerprint density at radius 3 is 2.17 bits per heavy atom. The third-order valence-corrected chi connectivity index (χ3v) is 9.39. The van der Waals surface area contributed by atoms with Gasteiger partial charge in [-0.2, -0.15) is 10.5 Å². The minimum Gasteiger partial charge on any atom is -0.465 e. The van der Waals surface area contributed by atoms with Gasteiger partial charge in [0.25, 0.3) is 0 Å². The van der Waals surface area contributed by atoms with Crippen LogP contribution in [-0.4, -0.2) is 64.7 Å². The van der Waals surface area contributed by atoms with Crippen LogP contribution in [0.3, 0.4) is 0 Å². The Kier molecular flexibility index (Phi) is 6.84. The predicted octanol–water partition coefficient (Wildman–Crippen LogP) is 3.65. The van der Waals surface area contributed by atoms with Crippen molar-refractivity contribution >= 4 is 11.9 Å². The molecule has 3 saturated heterocycles. The molecule has 6 rings (SSSR count). The van der Waals surface area contributed by atoms with Gasteiger partial charge in [0.1, 0.15) is 29.1 Å². The molecule has 5 unspecified atom stereocenters. The van der Waals surface area contributed by atoms with Crippen molar-refractivity contribution in [3.8, 4) is 12.1 Å². The number of piperidine rings is 1. The van der Waals surface area contributed by atoms with Gasteiger partial charge in [0.05, 0.1) is 42.8 Å².